The van der Waals surface area contributed by atoms with E-state index in [0.29, 0.717) is 24.4 Å². The predicted molar refractivity (Wildman–Crippen MR) is 91.3 cm³/mol. The molecule has 0 radical (unpaired) electrons. The third-order valence-electron chi connectivity index (χ3n) is 4.76. The van der Waals surface area contributed by atoms with Gasteiger partial charge in [-0.3, -0.25) is 4.79 Å². The van der Waals surface area contributed by atoms with E-state index in [1.165, 1.54) is 6.42 Å². The van der Waals surface area contributed by atoms with Gasteiger partial charge in [0, 0.05) is 0 Å². The highest BCUT2D eigenvalue weighted by atomic mass is 16.5. The summed E-state index contributed by atoms with van der Waals surface area (Å²) in [4.78, 5) is 12.4. The summed E-state index contributed by atoms with van der Waals surface area (Å²) >= 11 is 0. The Morgan fingerprint density at radius 2 is 2.00 bits per heavy atom. The number of hydrogen-bond donors (Lipinski definition) is 0. The summed E-state index contributed by atoms with van der Waals surface area (Å²) in [5.41, 5.74) is 1.13. The fourth-order valence-electron chi connectivity index (χ4n) is 3.46. The summed E-state index contributed by atoms with van der Waals surface area (Å²) in [6.07, 6.45) is 7.28. The third-order valence-corrected chi connectivity index (χ3v) is 4.76. The standard InChI is InChI=1S/C20H28O2/c1-15(2)18-12-11-16(3)14-19(18)20(21)22-13-7-10-17-8-5-4-6-9-17/h4-10,15-16,18-19H,11-14H2,1-3H3/b10-7+. The maximum absolute atomic E-state index is 12.4. The zero-order chi connectivity index (χ0) is 15.9. The highest BCUT2D eigenvalue weighted by Crippen LogP contribution is 2.38. The minimum atomic E-state index is -0.0111. The second-order valence-electron chi connectivity index (χ2n) is 6.88. The molecule has 0 amide bonds. The van der Waals surface area contributed by atoms with Crippen LogP contribution in [-0.4, -0.2) is 12.6 Å². The van der Waals surface area contributed by atoms with Crippen molar-refractivity contribution in [3.05, 3.63) is 42.0 Å². The summed E-state index contributed by atoms with van der Waals surface area (Å²) in [6, 6.07) is 10.1. The summed E-state index contributed by atoms with van der Waals surface area (Å²) in [5.74, 6) is 1.72. The Morgan fingerprint density at radius 3 is 2.68 bits per heavy atom. The summed E-state index contributed by atoms with van der Waals surface area (Å²) in [7, 11) is 0. The minimum Gasteiger partial charge on any atom is -0.461 e. The second-order valence-corrected chi connectivity index (χ2v) is 6.88. The zero-order valence-electron chi connectivity index (χ0n) is 14.0. The Bertz CT molecular complexity index is 490. The number of benzene rings is 1. The van der Waals surface area contributed by atoms with E-state index < -0.39 is 0 Å². The number of carbonyl (C=O) groups is 1. The first-order valence-electron chi connectivity index (χ1n) is 8.46. The van der Waals surface area contributed by atoms with Gasteiger partial charge in [0.05, 0.1) is 5.92 Å². The van der Waals surface area contributed by atoms with Gasteiger partial charge in [-0.1, -0.05) is 63.6 Å². The maximum Gasteiger partial charge on any atom is 0.309 e. The average Bonchev–Trinajstić information content (AvgIpc) is 2.52. The van der Waals surface area contributed by atoms with E-state index in [0.717, 1.165) is 18.4 Å². The van der Waals surface area contributed by atoms with E-state index in [1.54, 1.807) is 0 Å². The highest BCUT2D eigenvalue weighted by molar-refractivity contribution is 5.73. The molecule has 22 heavy (non-hydrogen) atoms. The van der Waals surface area contributed by atoms with Gasteiger partial charge in [0.15, 0.2) is 0 Å². The van der Waals surface area contributed by atoms with Crippen LogP contribution in [0.5, 0.6) is 0 Å². The van der Waals surface area contributed by atoms with E-state index in [-0.39, 0.29) is 11.9 Å². The molecule has 3 unspecified atom stereocenters. The predicted octanol–water partition coefficient (Wildman–Crippen LogP) is 4.95. The first-order chi connectivity index (χ1) is 10.6. The molecule has 1 fully saturated rings. The molecule has 0 aromatic heterocycles. The van der Waals surface area contributed by atoms with Crippen molar-refractivity contribution in [2.45, 2.75) is 40.0 Å². The zero-order valence-corrected chi connectivity index (χ0v) is 14.0. The molecule has 0 aliphatic heterocycles. The number of carbonyl (C=O) groups excluding carboxylic acids is 1. The molecule has 3 atom stereocenters. The van der Waals surface area contributed by atoms with Gasteiger partial charge in [-0.2, -0.15) is 0 Å². The molecule has 0 saturated heterocycles. The molecular formula is C20H28O2. The van der Waals surface area contributed by atoms with Crippen LogP contribution in [0.4, 0.5) is 0 Å². The molecule has 2 rings (SSSR count). The fraction of sp³-hybridized carbons (Fsp3) is 0.550. The van der Waals surface area contributed by atoms with Gasteiger partial charge in [-0.05, 0) is 42.2 Å². The largest absolute Gasteiger partial charge is 0.461 e. The summed E-state index contributed by atoms with van der Waals surface area (Å²) in [5, 5.41) is 0. The topological polar surface area (TPSA) is 26.3 Å². The van der Waals surface area contributed by atoms with Gasteiger partial charge >= 0.3 is 5.97 Å². The monoisotopic (exact) mass is 300 g/mol. The maximum atomic E-state index is 12.4. The van der Waals surface area contributed by atoms with Gasteiger partial charge in [-0.15, -0.1) is 0 Å². The van der Waals surface area contributed by atoms with Crippen LogP contribution in [0.15, 0.2) is 36.4 Å². The Kier molecular flexibility index (Phi) is 6.23. The molecule has 0 spiro atoms. The summed E-state index contributed by atoms with van der Waals surface area (Å²) < 4.78 is 5.51. The fourth-order valence-corrected chi connectivity index (χ4v) is 3.46. The van der Waals surface area contributed by atoms with Crippen LogP contribution < -0.4 is 0 Å². The van der Waals surface area contributed by atoms with Crippen molar-refractivity contribution < 1.29 is 9.53 Å². The lowest BCUT2D eigenvalue weighted by atomic mass is 9.70. The second kappa shape index (κ2) is 8.17. The smallest absolute Gasteiger partial charge is 0.309 e. The van der Waals surface area contributed by atoms with Gasteiger partial charge in [0.25, 0.3) is 0 Å². The first-order valence-corrected chi connectivity index (χ1v) is 8.46. The first kappa shape index (κ1) is 16.8. The lowest BCUT2D eigenvalue weighted by Crippen LogP contribution is -2.34. The molecule has 1 aliphatic rings. The Labute approximate surface area is 134 Å². The SMILES string of the molecule is CC1CCC(C(C)C)C(C(=O)OC/C=C/c2ccccc2)C1. The van der Waals surface area contributed by atoms with Gasteiger partial charge in [0.1, 0.15) is 6.61 Å². The van der Waals surface area contributed by atoms with Gasteiger partial charge < -0.3 is 4.74 Å². The molecule has 1 saturated carbocycles. The van der Waals surface area contributed by atoms with E-state index in [9.17, 15) is 4.79 Å². The molecule has 0 heterocycles. The quantitative estimate of drug-likeness (QED) is 0.719. The van der Waals surface area contributed by atoms with Crippen molar-refractivity contribution in [1.29, 1.82) is 0 Å². The molecule has 0 bridgehead atoms. The number of rotatable bonds is 5. The molecule has 1 aromatic rings. The van der Waals surface area contributed by atoms with Crippen molar-refractivity contribution in [1.82, 2.24) is 0 Å². The van der Waals surface area contributed by atoms with Crippen molar-refractivity contribution in [2.24, 2.45) is 23.7 Å². The average molecular weight is 300 g/mol. The number of ether oxygens (including phenoxy) is 1. The van der Waals surface area contributed by atoms with E-state index in [2.05, 4.69) is 20.8 Å². The van der Waals surface area contributed by atoms with Crippen LogP contribution in [0.25, 0.3) is 6.08 Å². The van der Waals surface area contributed by atoms with Crippen LogP contribution >= 0.6 is 0 Å². The number of hydrogen-bond acceptors (Lipinski definition) is 2. The van der Waals surface area contributed by atoms with Crippen LogP contribution in [0.1, 0.15) is 45.6 Å². The van der Waals surface area contributed by atoms with Crippen LogP contribution in [-0.2, 0) is 9.53 Å². The minimum absolute atomic E-state index is 0.0111. The van der Waals surface area contributed by atoms with Crippen molar-refractivity contribution >= 4 is 12.0 Å². The molecule has 2 heteroatoms. The lowest BCUT2D eigenvalue weighted by molar-refractivity contribution is -0.152. The molecular weight excluding hydrogens is 272 g/mol. The summed E-state index contributed by atoms with van der Waals surface area (Å²) in [6.45, 7) is 7.04. The molecule has 1 aliphatic carbocycles. The van der Waals surface area contributed by atoms with E-state index in [1.807, 2.05) is 42.5 Å². The third kappa shape index (κ3) is 4.72. The Morgan fingerprint density at radius 1 is 1.27 bits per heavy atom. The Balaban J connectivity index is 1.86. The van der Waals surface area contributed by atoms with Crippen molar-refractivity contribution in [3.63, 3.8) is 0 Å². The molecule has 120 valence electrons. The Hall–Kier alpha value is -1.57. The van der Waals surface area contributed by atoms with Crippen LogP contribution in [0, 0.1) is 23.7 Å². The van der Waals surface area contributed by atoms with Crippen LogP contribution in [0.2, 0.25) is 0 Å². The van der Waals surface area contributed by atoms with Gasteiger partial charge in [0.2, 0.25) is 0 Å². The van der Waals surface area contributed by atoms with Crippen molar-refractivity contribution in [2.75, 3.05) is 6.61 Å². The normalized spacial score (nSPS) is 25.5. The molecule has 1 aromatic carbocycles. The van der Waals surface area contributed by atoms with Crippen molar-refractivity contribution in [3.8, 4) is 0 Å². The lowest BCUT2D eigenvalue weighted by Gasteiger charge is -2.35. The van der Waals surface area contributed by atoms with E-state index in [4.69, 9.17) is 4.74 Å². The van der Waals surface area contributed by atoms with E-state index >= 15 is 0 Å². The van der Waals surface area contributed by atoms with Crippen LogP contribution in [0.3, 0.4) is 0 Å². The highest BCUT2D eigenvalue weighted by Gasteiger charge is 2.36. The number of esters is 1. The molecule has 0 N–H and O–H groups in total. The van der Waals surface area contributed by atoms with Gasteiger partial charge in [-0.25, -0.2) is 0 Å². The molecule has 2 nitrogen and oxygen atoms in total.